The summed E-state index contributed by atoms with van der Waals surface area (Å²) in [6.45, 7) is 5.16. The SMILES string of the molecule is CC(C)CCCCCCNC(=O)c1cncc(N)n1. The van der Waals surface area contributed by atoms with Gasteiger partial charge >= 0.3 is 0 Å². The highest BCUT2D eigenvalue weighted by Crippen LogP contribution is 2.09. The van der Waals surface area contributed by atoms with Gasteiger partial charge in [-0.05, 0) is 12.3 Å². The molecule has 1 rings (SSSR count). The van der Waals surface area contributed by atoms with Crippen LogP contribution in [0.3, 0.4) is 0 Å². The zero-order valence-corrected chi connectivity index (χ0v) is 11.9. The van der Waals surface area contributed by atoms with Crippen LogP contribution in [0, 0.1) is 5.92 Å². The van der Waals surface area contributed by atoms with E-state index in [0.717, 1.165) is 18.8 Å². The van der Waals surface area contributed by atoms with Gasteiger partial charge in [0, 0.05) is 6.54 Å². The summed E-state index contributed by atoms with van der Waals surface area (Å²) in [7, 11) is 0. The molecule has 0 saturated carbocycles. The molecule has 0 aliphatic heterocycles. The number of rotatable bonds is 8. The van der Waals surface area contributed by atoms with Crippen molar-refractivity contribution in [3.05, 3.63) is 18.1 Å². The first-order valence-electron chi connectivity index (χ1n) is 6.95. The molecule has 0 bridgehead atoms. The molecule has 0 spiro atoms. The van der Waals surface area contributed by atoms with Crippen LogP contribution in [0.1, 0.15) is 56.4 Å². The second-order valence-electron chi connectivity index (χ2n) is 5.18. The highest BCUT2D eigenvalue weighted by atomic mass is 16.1. The van der Waals surface area contributed by atoms with E-state index in [1.165, 1.54) is 31.7 Å². The molecule has 1 aromatic heterocycles. The molecule has 0 radical (unpaired) electrons. The molecule has 5 heteroatoms. The maximum atomic E-state index is 11.7. The van der Waals surface area contributed by atoms with Gasteiger partial charge in [-0.3, -0.25) is 9.78 Å². The molecular formula is C14H24N4O. The van der Waals surface area contributed by atoms with Gasteiger partial charge in [0.15, 0.2) is 0 Å². The van der Waals surface area contributed by atoms with Gasteiger partial charge in [-0.25, -0.2) is 4.98 Å². The van der Waals surface area contributed by atoms with E-state index in [4.69, 9.17) is 5.73 Å². The third kappa shape index (κ3) is 6.74. The van der Waals surface area contributed by atoms with E-state index in [2.05, 4.69) is 29.1 Å². The van der Waals surface area contributed by atoms with E-state index in [0.29, 0.717) is 6.54 Å². The number of amides is 1. The fourth-order valence-corrected chi connectivity index (χ4v) is 1.81. The standard InChI is InChI=1S/C14H24N4O/c1-11(2)7-5-3-4-6-8-17-14(19)12-9-16-10-13(15)18-12/h9-11H,3-8H2,1-2H3,(H2,15,18)(H,17,19). The van der Waals surface area contributed by atoms with E-state index in [1.54, 1.807) is 0 Å². The Bertz CT molecular complexity index is 393. The van der Waals surface area contributed by atoms with Crippen molar-refractivity contribution in [1.29, 1.82) is 0 Å². The predicted octanol–water partition coefficient (Wildman–Crippen LogP) is 2.40. The summed E-state index contributed by atoms with van der Waals surface area (Å²) in [5.41, 5.74) is 5.75. The molecule has 0 unspecified atom stereocenters. The van der Waals surface area contributed by atoms with E-state index in [1.807, 2.05) is 0 Å². The summed E-state index contributed by atoms with van der Waals surface area (Å²) in [5, 5.41) is 2.83. The molecule has 0 aromatic carbocycles. The van der Waals surface area contributed by atoms with E-state index >= 15 is 0 Å². The second-order valence-corrected chi connectivity index (χ2v) is 5.18. The minimum absolute atomic E-state index is 0.206. The Labute approximate surface area is 115 Å². The van der Waals surface area contributed by atoms with Gasteiger partial charge in [0.05, 0.1) is 12.4 Å². The number of hydrogen-bond acceptors (Lipinski definition) is 4. The van der Waals surface area contributed by atoms with Crippen LogP contribution in [0.15, 0.2) is 12.4 Å². The number of nitrogens with zero attached hydrogens (tertiary/aromatic N) is 2. The lowest BCUT2D eigenvalue weighted by Crippen LogP contribution is -2.25. The number of carbonyl (C=O) groups excluding carboxylic acids is 1. The van der Waals surface area contributed by atoms with Gasteiger partial charge in [0.2, 0.25) is 0 Å². The van der Waals surface area contributed by atoms with Crippen molar-refractivity contribution in [3.63, 3.8) is 0 Å². The van der Waals surface area contributed by atoms with Gasteiger partial charge in [0.25, 0.3) is 5.91 Å². The fourth-order valence-electron chi connectivity index (χ4n) is 1.81. The summed E-state index contributed by atoms with van der Waals surface area (Å²) in [5.74, 6) is 0.838. The maximum absolute atomic E-state index is 11.7. The minimum atomic E-state index is -0.206. The smallest absolute Gasteiger partial charge is 0.271 e. The molecule has 0 fully saturated rings. The third-order valence-corrected chi connectivity index (χ3v) is 2.88. The summed E-state index contributed by atoms with van der Waals surface area (Å²) in [6.07, 6.45) is 8.78. The molecule has 1 heterocycles. The third-order valence-electron chi connectivity index (χ3n) is 2.88. The molecule has 1 amide bonds. The number of nitrogens with two attached hydrogens (primary N) is 1. The number of nitrogens with one attached hydrogen (secondary N) is 1. The Morgan fingerprint density at radius 3 is 2.68 bits per heavy atom. The number of carbonyl (C=O) groups is 1. The Balaban J connectivity index is 2.11. The number of aromatic nitrogens is 2. The predicted molar refractivity (Wildman–Crippen MR) is 76.7 cm³/mol. The van der Waals surface area contributed by atoms with Gasteiger partial charge in [-0.2, -0.15) is 0 Å². The minimum Gasteiger partial charge on any atom is -0.382 e. The summed E-state index contributed by atoms with van der Waals surface area (Å²) in [4.78, 5) is 19.5. The monoisotopic (exact) mass is 264 g/mol. The van der Waals surface area contributed by atoms with Crippen LogP contribution in [0.5, 0.6) is 0 Å². The van der Waals surface area contributed by atoms with Crippen molar-refractivity contribution >= 4 is 11.7 Å². The van der Waals surface area contributed by atoms with E-state index in [-0.39, 0.29) is 17.4 Å². The number of unbranched alkanes of at least 4 members (excludes halogenated alkanes) is 3. The molecular weight excluding hydrogens is 240 g/mol. The molecule has 106 valence electrons. The van der Waals surface area contributed by atoms with Gasteiger partial charge < -0.3 is 11.1 Å². The summed E-state index contributed by atoms with van der Waals surface area (Å²) >= 11 is 0. The molecule has 19 heavy (non-hydrogen) atoms. The van der Waals surface area contributed by atoms with Gasteiger partial charge in [-0.15, -0.1) is 0 Å². The maximum Gasteiger partial charge on any atom is 0.271 e. The molecule has 0 aliphatic rings. The first-order valence-corrected chi connectivity index (χ1v) is 6.95. The molecule has 5 nitrogen and oxygen atoms in total. The molecule has 0 aliphatic carbocycles. The average Bonchev–Trinajstić information content (AvgIpc) is 2.37. The second kappa shape index (κ2) is 8.45. The van der Waals surface area contributed by atoms with Crippen LogP contribution in [0.2, 0.25) is 0 Å². The van der Waals surface area contributed by atoms with E-state index < -0.39 is 0 Å². The molecule has 0 saturated heterocycles. The summed E-state index contributed by atoms with van der Waals surface area (Å²) in [6, 6.07) is 0. The normalized spacial score (nSPS) is 10.7. The highest BCUT2D eigenvalue weighted by molar-refractivity contribution is 5.92. The van der Waals surface area contributed by atoms with Crippen molar-refractivity contribution < 1.29 is 4.79 Å². The van der Waals surface area contributed by atoms with Crippen LogP contribution in [0.25, 0.3) is 0 Å². The first kappa shape index (κ1) is 15.4. The van der Waals surface area contributed by atoms with Gasteiger partial charge in [-0.1, -0.05) is 39.5 Å². The summed E-state index contributed by atoms with van der Waals surface area (Å²) < 4.78 is 0. The Kier molecular flexibility index (Phi) is 6.85. The van der Waals surface area contributed by atoms with Crippen molar-refractivity contribution in [2.45, 2.75) is 46.0 Å². The first-order chi connectivity index (χ1) is 9.09. The van der Waals surface area contributed by atoms with Crippen LogP contribution in [-0.2, 0) is 0 Å². The Hall–Kier alpha value is -1.65. The van der Waals surface area contributed by atoms with E-state index in [9.17, 15) is 4.79 Å². The fraction of sp³-hybridized carbons (Fsp3) is 0.643. The lowest BCUT2D eigenvalue weighted by atomic mass is 10.0. The molecule has 0 atom stereocenters. The van der Waals surface area contributed by atoms with Crippen LogP contribution >= 0.6 is 0 Å². The van der Waals surface area contributed by atoms with Crippen molar-refractivity contribution in [2.24, 2.45) is 5.92 Å². The quantitative estimate of drug-likeness (QED) is 0.706. The van der Waals surface area contributed by atoms with Crippen LogP contribution in [0.4, 0.5) is 5.82 Å². The highest BCUT2D eigenvalue weighted by Gasteiger charge is 2.06. The van der Waals surface area contributed by atoms with Crippen LogP contribution < -0.4 is 11.1 Å². The lowest BCUT2D eigenvalue weighted by Gasteiger charge is -2.06. The topological polar surface area (TPSA) is 80.9 Å². The van der Waals surface area contributed by atoms with Gasteiger partial charge in [0.1, 0.15) is 11.5 Å². The van der Waals surface area contributed by atoms with Crippen molar-refractivity contribution in [3.8, 4) is 0 Å². The van der Waals surface area contributed by atoms with Crippen LogP contribution in [-0.4, -0.2) is 22.4 Å². The Morgan fingerprint density at radius 2 is 2.00 bits per heavy atom. The Morgan fingerprint density at radius 1 is 1.26 bits per heavy atom. The average molecular weight is 264 g/mol. The molecule has 3 N–H and O–H groups in total. The van der Waals surface area contributed by atoms with Crippen molar-refractivity contribution in [1.82, 2.24) is 15.3 Å². The zero-order chi connectivity index (χ0) is 14.1. The zero-order valence-electron chi connectivity index (χ0n) is 11.9. The lowest BCUT2D eigenvalue weighted by molar-refractivity contribution is 0.0947. The van der Waals surface area contributed by atoms with Crippen molar-refractivity contribution in [2.75, 3.05) is 12.3 Å². The largest absolute Gasteiger partial charge is 0.382 e. The number of nitrogen functional groups attached to an aromatic ring is 1. The number of hydrogen-bond donors (Lipinski definition) is 2. The number of anilines is 1. The molecule has 1 aromatic rings.